The number of guanidine groups is 1. The van der Waals surface area contributed by atoms with Crippen LogP contribution in [0.2, 0.25) is 5.02 Å². The molecule has 2 N–H and O–H groups in total. The summed E-state index contributed by atoms with van der Waals surface area (Å²) in [7, 11) is 0. The molecule has 3 aliphatic rings. The summed E-state index contributed by atoms with van der Waals surface area (Å²) in [5.41, 5.74) is 0.547. The first-order valence-corrected chi connectivity index (χ1v) is 9.98. The lowest BCUT2D eigenvalue weighted by Crippen LogP contribution is -2.45. The largest absolute Gasteiger partial charge is 0.357 e. The van der Waals surface area contributed by atoms with Gasteiger partial charge < -0.3 is 15.5 Å². The zero-order valence-electron chi connectivity index (χ0n) is 15.4. The number of aliphatic imine (C=N–C) groups is 1. The molecule has 3 fully saturated rings. The molecule has 1 aromatic rings. The molecule has 144 valence electrons. The lowest BCUT2D eigenvalue weighted by atomic mass is 10.0. The quantitative estimate of drug-likeness (QED) is 0.364. The van der Waals surface area contributed by atoms with Gasteiger partial charge in [-0.05, 0) is 62.5 Å². The van der Waals surface area contributed by atoms with Crippen LogP contribution < -0.4 is 15.5 Å². The van der Waals surface area contributed by atoms with Crippen LogP contribution in [0.4, 0.5) is 5.82 Å². The summed E-state index contributed by atoms with van der Waals surface area (Å²) in [4.78, 5) is 11.6. The Labute approximate surface area is 178 Å². The van der Waals surface area contributed by atoms with Crippen LogP contribution in [0, 0.1) is 11.3 Å². The molecule has 5 nitrogen and oxygen atoms in total. The minimum Gasteiger partial charge on any atom is -0.357 e. The van der Waals surface area contributed by atoms with E-state index in [1.165, 1.54) is 25.7 Å². The second-order valence-electron chi connectivity index (χ2n) is 7.72. The van der Waals surface area contributed by atoms with Crippen molar-refractivity contribution in [1.29, 1.82) is 0 Å². The highest BCUT2D eigenvalue weighted by Gasteiger charge is 2.53. The van der Waals surface area contributed by atoms with Gasteiger partial charge in [-0.15, -0.1) is 24.0 Å². The predicted molar refractivity (Wildman–Crippen MR) is 119 cm³/mol. The van der Waals surface area contributed by atoms with Crippen molar-refractivity contribution in [3.05, 3.63) is 23.4 Å². The molecule has 0 amide bonds. The molecular formula is C19H29ClIN5. The summed E-state index contributed by atoms with van der Waals surface area (Å²) in [6.45, 7) is 5.88. The highest BCUT2D eigenvalue weighted by atomic mass is 127. The standard InChI is InChI=1S/C19H28ClN5.HI/c1-2-21-18(23-13-19(8-9-19)14-5-6-14)24-15-7-11-25(12-15)17-16(20)4-3-10-22-17;/h3-4,10,14-15H,2,5-9,11-13H2,1H3,(H2,21,23,24);1H. The van der Waals surface area contributed by atoms with Crippen LogP contribution in [0.25, 0.3) is 0 Å². The molecule has 26 heavy (non-hydrogen) atoms. The van der Waals surface area contributed by atoms with Gasteiger partial charge in [-0.25, -0.2) is 4.98 Å². The molecule has 0 aromatic carbocycles. The van der Waals surface area contributed by atoms with Gasteiger partial charge in [0.15, 0.2) is 5.96 Å². The average Bonchev–Trinajstić information content (AvgIpc) is 3.52. The maximum atomic E-state index is 6.29. The van der Waals surface area contributed by atoms with Crippen LogP contribution in [0.3, 0.4) is 0 Å². The summed E-state index contributed by atoms with van der Waals surface area (Å²) in [5, 5.41) is 7.76. The summed E-state index contributed by atoms with van der Waals surface area (Å²) in [6.07, 6.45) is 8.46. The molecule has 1 saturated heterocycles. The van der Waals surface area contributed by atoms with Crippen molar-refractivity contribution < 1.29 is 0 Å². The predicted octanol–water partition coefficient (Wildman–Crippen LogP) is 3.68. The molecular weight excluding hydrogens is 461 g/mol. The number of rotatable bonds is 6. The Hall–Kier alpha value is -0.760. The molecule has 2 heterocycles. The van der Waals surface area contributed by atoms with Crippen molar-refractivity contribution >= 4 is 47.4 Å². The van der Waals surface area contributed by atoms with Crippen molar-refractivity contribution in [2.24, 2.45) is 16.3 Å². The van der Waals surface area contributed by atoms with Gasteiger partial charge in [-0.3, -0.25) is 4.99 Å². The van der Waals surface area contributed by atoms with Gasteiger partial charge in [0.25, 0.3) is 0 Å². The fraction of sp³-hybridized carbons (Fsp3) is 0.684. The van der Waals surface area contributed by atoms with E-state index in [0.717, 1.165) is 55.3 Å². The van der Waals surface area contributed by atoms with Crippen LogP contribution in [0.1, 0.15) is 39.0 Å². The van der Waals surface area contributed by atoms with Gasteiger partial charge in [0.05, 0.1) is 5.02 Å². The van der Waals surface area contributed by atoms with Crippen molar-refractivity contribution in [2.75, 3.05) is 31.1 Å². The smallest absolute Gasteiger partial charge is 0.191 e. The maximum absolute atomic E-state index is 6.29. The second-order valence-corrected chi connectivity index (χ2v) is 8.12. The zero-order chi connectivity index (χ0) is 17.3. The van der Waals surface area contributed by atoms with Gasteiger partial charge in [-0.2, -0.15) is 0 Å². The lowest BCUT2D eigenvalue weighted by Gasteiger charge is -2.21. The fourth-order valence-corrected chi connectivity index (χ4v) is 4.22. The van der Waals surface area contributed by atoms with Crippen molar-refractivity contribution in [2.45, 2.75) is 45.1 Å². The Kier molecular flexibility index (Phi) is 6.54. The van der Waals surface area contributed by atoms with E-state index in [2.05, 4.69) is 27.4 Å². The van der Waals surface area contributed by atoms with Crippen LogP contribution in [0.15, 0.2) is 23.3 Å². The zero-order valence-corrected chi connectivity index (χ0v) is 18.5. The van der Waals surface area contributed by atoms with Gasteiger partial charge in [0.1, 0.15) is 5.82 Å². The topological polar surface area (TPSA) is 52.6 Å². The van der Waals surface area contributed by atoms with E-state index >= 15 is 0 Å². The molecule has 0 radical (unpaired) electrons. The van der Waals surface area contributed by atoms with E-state index in [9.17, 15) is 0 Å². The monoisotopic (exact) mass is 489 g/mol. The number of pyridine rings is 1. The molecule has 7 heteroatoms. The number of anilines is 1. The van der Waals surface area contributed by atoms with E-state index < -0.39 is 0 Å². The molecule has 1 aliphatic heterocycles. The number of aromatic nitrogens is 1. The van der Waals surface area contributed by atoms with Gasteiger partial charge in [0.2, 0.25) is 0 Å². The third-order valence-corrected chi connectivity index (χ3v) is 6.09. The molecule has 1 unspecified atom stereocenters. The molecule has 4 rings (SSSR count). The van der Waals surface area contributed by atoms with E-state index in [1.54, 1.807) is 6.20 Å². The average molecular weight is 490 g/mol. The number of hydrogen-bond acceptors (Lipinski definition) is 3. The SMILES string of the molecule is CCNC(=NCC1(C2CC2)CC1)NC1CCN(c2ncccc2Cl)C1.I. The van der Waals surface area contributed by atoms with Crippen molar-refractivity contribution in [3.63, 3.8) is 0 Å². The Morgan fingerprint density at radius 2 is 2.19 bits per heavy atom. The van der Waals surface area contributed by atoms with E-state index in [-0.39, 0.29) is 24.0 Å². The second kappa shape index (κ2) is 8.50. The Balaban J connectivity index is 0.00000196. The van der Waals surface area contributed by atoms with E-state index in [1.807, 2.05) is 12.1 Å². The normalized spacial score (nSPS) is 24.2. The molecule has 2 aliphatic carbocycles. The molecule has 1 atom stereocenters. The van der Waals surface area contributed by atoms with Crippen LogP contribution >= 0.6 is 35.6 Å². The van der Waals surface area contributed by atoms with Gasteiger partial charge in [-0.1, -0.05) is 11.6 Å². The number of nitrogens with one attached hydrogen (secondary N) is 2. The summed E-state index contributed by atoms with van der Waals surface area (Å²) in [5.74, 6) is 2.81. The Bertz CT molecular complexity index is 645. The highest BCUT2D eigenvalue weighted by Crippen LogP contribution is 2.61. The minimum atomic E-state index is 0. The number of nitrogens with zero attached hydrogens (tertiary/aromatic N) is 3. The van der Waals surface area contributed by atoms with E-state index in [4.69, 9.17) is 16.6 Å². The van der Waals surface area contributed by atoms with Crippen LogP contribution in [-0.2, 0) is 0 Å². The van der Waals surface area contributed by atoms with Crippen LogP contribution in [0.5, 0.6) is 0 Å². The molecule has 1 aromatic heterocycles. The summed E-state index contributed by atoms with van der Waals surface area (Å²) < 4.78 is 0. The highest BCUT2D eigenvalue weighted by molar-refractivity contribution is 14.0. The minimum absolute atomic E-state index is 0. The fourth-order valence-electron chi connectivity index (χ4n) is 3.98. The third-order valence-electron chi connectivity index (χ3n) is 5.80. The molecule has 2 saturated carbocycles. The maximum Gasteiger partial charge on any atom is 0.191 e. The first-order valence-electron chi connectivity index (χ1n) is 9.60. The summed E-state index contributed by atoms with van der Waals surface area (Å²) >= 11 is 6.29. The van der Waals surface area contributed by atoms with Crippen LogP contribution in [-0.4, -0.2) is 43.2 Å². The van der Waals surface area contributed by atoms with Crippen molar-refractivity contribution in [3.8, 4) is 0 Å². The first-order chi connectivity index (χ1) is 12.2. The van der Waals surface area contributed by atoms with Gasteiger partial charge >= 0.3 is 0 Å². The summed E-state index contributed by atoms with van der Waals surface area (Å²) in [6, 6.07) is 4.16. The lowest BCUT2D eigenvalue weighted by molar-refractivity contribution is 0.451. The molecule has 0 bridgehead atoms. The number of halogens is 2. The van der Waals surface area contributed by atoms with Gasteiger partial charge in [0, 0.05) is 38.4 Å². The first kappa shape index (κ1) is 20.0. The Morgan fingerprint density at radius 1 is 1.38 bits per heavy atom. The Morgan fingerprint density at radius 3 is 2.85 bits per heavy atom. The molecule has 0 spiro atoms. The van der Waals surface area contributed by atoms with E-state index in [0.29, 0.717) is 11.5 Å². The van der Waals surface area contributed by atoms with Crippen molar-refractivity contribution in [1.82, 2.24) is 15.6 Å². The third kappa shape index (κ3) is 4.55. The number of hydrogen-bond donors (Lipinski definition) is 2.